The Bertz CT molecular complexity index is 1160. The van der Waals surface area contributed by atoms with Gasteiger partial charge in [-0.05, 0) is 48.7 Å². The molecule has 1 atom stereocenters. The third-order valence-electron chi connectivity index (χ3n) is 6.66. The number of aromatic nitrogens is 1. The number of nitrogens with zero attached hydrogens (tertiary/aromatic N) is 6. The van der Waals surface area contributed by atoms with Gasteiger partial charge < -0.3 is 19.4 Å². The molecule has 4 rings (SSSR count). The Hall–Kier alpha value is -3.20. The molecular weight excluding hydrogens is 468 g/mol. The lowest BCUT2D eigenvalue weighted by molar-refractivity contribution is 0.0231. The zero-order chi connectivity index (χ0) is 25.5. The molecule has 1 aromatic carbocycles. The maximum Gasteiger partial charge on any atom is 0.148 e. The number of morpholine rings is 1. The fourth-order valence-electron chi connectivity index (χ4n) is 4.70. The molecule has 0 radical (unpaired) electrons. The highest BCUT2D eigenvalue weighted by Crippen LogP contribution is 2.34. The molecule has 0 aliphatic carbocycles. The summed E-state index contributed by atoms with van der Waals surface area (Å²) in [6.45, 7) is 5.83. The fourth-order valence-corrected chi connectivity index (χ4v) is 5.66. The van der Waals surface area contributed by atoms with Crippen molar-refractivity contribution in [3.05, 3.63) is 58.8 Å². The number of allylic oxidation sites excluding steroid dienone is 1. The lowest BCUT2D eigenvalue weighted by Gasteiger charge is -2.37. The van der Waals surface area contributed by atoms with E-state index in [0.717, 1.165) is 30.8 Å². The van der Waals surface area contributed by atoms with Gasteiger partial charge in [0, 0.05) is 51.7 Å². The number of nitriles is 2. The predicted octanol–water partition coefficient (Wildman–Crippen LogP) is 4.56. The van der Waals surface area contributed by atoms with Gasteiger partial charge in [0.15, 0.2) is 0 Å². The van der Waals surface area contributed by atoms with Gasteiger partial charge in [-0.1, -0.05) is 25.1 Å². The van der Waals surface area contributed by atoms with Gasteiger partial charge in [0.2, 0.25) is 0 Å². The van der Waals surface area contributed by atoms with E-state index < -0.39 is 0 Å². The second-order valence-electron chi connectivity index (χ2n) is 9.36. The maximum atomic E-state index is 10.1. The molecule has 2 aliphatic heterocycles. The van der Waals surface area contributed by atoms with Crippen LogP contribution in [0.2, 0.25) is 0 Å². The van der Waals surface area contributed by atoms with Gasteiger partial charge in [-0.2, -0.15) is 10.5 Å². The molecule has 1 fully saturated rings. The van der Waals surface area contributed by atoms with Crippen molar-refractivity contribution < 1.29 is 4.74 Å². The van der Waals surface area contributed by atoms with Crippen molar-refractivity contribution >= 4 is 23.3 Å². The number of anilines is 2. The van der Waals surface area contributed by atoms with E-state index in [-0.39, 0.29) is 6.10 Å². The molecule has 1 saturated heterocycles. The minimum Gasteiger partial charge on any atom is -0.378 e. The zero-order valence-electron chi connectivity index (χ0n) is 21.4. The monoisotopic (exact) mass is 502 g/mol. The Morgan fingerprint density at radius 1 is 1.14 bits per heavy atom. The Morgan fingerprint density at radius 3 is 2.56 bits per heavy atom. The molecule has 1 aromatic heterocycles. The summed E-state index contributed by atoms with van der Waals surface area (Å²) in [5.74, 6) is 1.39. The van der Waals surface area contributed by atoms with E-state index in [0.29, 0.717) is 53.8 Å². The van der Waals surface area contributed by atoms with Crippen LogP contribution in [0.4, 0.5) is 11.5 Å². The molecule has 1 unspecified atom stereocenters. The minimum absolute atomic E-state index is 0.0434. The third kappa shape index (κ3) is 5.95. The molecule has 36 heavy (non-hydrogen) atoms. The summed E-state index contributed by atoms with van der Waals surface area (Å²) in [4.78, 5) is 11.5. The van der Waals surface area contributed by atoms with Crippen LogP contribution in [-0.4, -0.2) is 62.9 Å². The first kappa shape index (κ1) is 25.9. The van der Waals surface area contributed by atoms with Gasteiger partial charge in [-0.25, -0.2) is 4.98 Å². The lowest BCUT2D eigenvalue weighted by atomic mass is 10.0. The Balaban J connectivity index is 1.59. The Kier molecular flexibility index (Phi) is 8.74. The van der Waals surface area contributed by atoms with E-state index in [1.807, 2.05) is 21.0 Å². The van der Waals surface area contributed by atoms with Crippen molar-refractivity contribution in [3.63, 3.8) is 0 Å². The van der Waals surface area contributed by atoms with E-state index in [2.05, 4.69) is 63.4 Å². The Morgan fingerprint density at radius 2 is 1.92 bits per heavy atom. The number of hydrogen-bond donors (Lipinski definition) is 0. The molecule has 0 N–H and O–H groups in total. The number of hydrogen-bond acceptors (Lipinski definition) is 8. The van der Waals surface area contributed by atoms with Crippen LogP contribution in [0, 0.1) is 22.7 Å². The second-order valence-corrected chi connectivity index (χ2v) is 10.3. The number of benzene rings is 1. The summed E-state index contributed by atoms with van der Waals surface area (Å²) < 4.78 is 6.08. The van der Waals surface area contributed by atoms with E-state index in [4.69, 9.17) is 9.72 Å². The average molecular weight is 503 g/mol. The molecule has 2 aromatic rings. The summed E-state index contributed by atoms with van der Waals surface area (Å²) in [5, 5.41) is 20.8. The van der Waals surface area contributed by atoms with Crippen LogP contribution >= 0.6 is 11.8 Å². The molecule has 188 valence electrons. The van der Waals surface area contributed by atoms with Crippen LogP contribution in [0.5, 0.6) is 0 Å². The van der Waals surface area contributed by atoms with Crippen molar-refractivity contribution in [1.29, 1.82) is 10.5 Å². The third-order valence-corrected chi connectivity index (χ3v) is 7.71. The molecule has 0 amide bonds. The summed E-state index contributed by atoms with van der Waals surface area (Å²) in [7, 11) is 4.05. The molecule has 0 bridgehead atoms. The predicted molar refractivity (Wildman–Crippen MR) is 145 cm³/mol. The van der Waals surface area contributed by atoms with Gasteiger partial charge in [-0.3, -0.25) is 0 Å². The van der Waals surface area contributed by atoms with Crippen molar-refractivity contribution in [2.24, 2.45) is 0 Å². The molecule has 8 heteroatoms. The minimum atomic E-state index is 0.0434. The normalized spacial score (nSPS) is 17.5. The first-order valence-corrected chi connectivity index (χ1v) is 13.6. The molecule has 0 spiro atoms. The SMILES string of the molecule is CCc1c(C#N)c(SCc2ccc(N(C)C)cc2)nc(N2CCOC(CN3C=CCCC3)C2)c1C#N. The highest BCUT2D eigenvalue weighted by Gasteiger charge is 2.28. The topological polar surface area (TPSA) is 79.4 Å². The fraction of sp³-hybridized carbons (Fsp3) is 0.464. The maximum absolute atomic E-state index is 10.1. The average Bonchev–Trinajstić information content (AvgIpc) is 2.91. The van der Waals surface area contributed by atoms with E-state index in [9.17, 15) is 10.5 Å². The van der Waals surface area contributed by atoms with Gasteiger partial charge in [0.05, 0.1) is 23.8 Å². The van der Waals surface area contributed by atoms with E-state index in [1.165, 1.54) is 12.0 Å². The van der Waals surface area contributed by atoms with Crippen molar-refractivity contribution in [3.8, 4) is 12.1 Å². The molecule has 7 nitrogen and oxygen atoms in total. The zero-order valence-corrected chi connectivity index (χ0v) is 22.2. The van der Waals surface area contributed by atoms with Crippen molar-refractivity contribution in [2.75, 3.05) is 56.7 Å². The van der Waals surface area contributed by atoms with Crippen LogP contribution in [0.3, 0.4) is 0 Å². The van der Waals surface area contributed by atoms with E-state index in [1.54, 1.807) is 11.8 Å². The van der Waals surface area contributed by atoms with Crippen molar-refractivity contribution in [2.45, 2.75) is 43.1 Å². The largest absolute Gasteiger partial charge is 0.378 e. The first-order valence-electron chi connectivity index (χ1n) is 12.6. The molecule has 2 aliphatic rings. The van der Waals surface area contributed by atoms with Crippen LogP contribution in [0.1, 0.15) is 42.0 Å². The highest BCUT2D eigenvalue weighted by atomic mass is 32.2. The number of pyridine rings is 1. The standard InChI is InChI=1S/C28H34N6OS/c1-4-24-25(16-29)27(34-14-15-35-23(19-34)18-33-12-6-5-7-13-33)31-28(26(24)17-30)36-20-21-8-10-22(11-9-21)32(2)3/h6,8-12,23H,4-5,7,13-15,18-20H2,1-3H3. The lowest BCUT2D eigenvalue weighted by Crippen LogP contribution is -2.47. The van der Waals surface area contributed by atoms with Gasteiger partial charge in [-0.15, -0.1) is 11.8 Å². The first-order chi connectivity index (χ1) is 17.5. The van der Waals surface area contributed by atoms with Crippen LogP contribution in [0.25, 0.3) is 0 Å². The molecular formula is C28H34N6OS. The van der Waals surface area contributed by atoms with E-state index >= 15 is 0 Å². The summed E-state index contributed by atoms with van der Waals surface area (Å²) in [5.41, 5.74) is 4.15. The van der Waals surface area contributed by atoms with Crippen molar-refractivity contribution in [1.82, 2.24) is 9.88 Å². The van der Waals surface area contributed by atoms with Gasteiger partial charge in [0.25, 0.3) is 0 Å². The number of ether oxygens (including phenoxy) is 1. The van der Waals surface area contributed by atoms with Crippen LogP contribution < -0.4 is 9.80 Å². The number of rotatable bonds is 8. The smallest absolute Gasteiger partial charge is 0.148 e. The second kappa shape index (κ2) is 12.2. The molecule has 3 heterocycles. The summed E-state index contributed by atoms with van der Waals surface area (Å²) in [6, 6.07) is 13.1. The van der Waals surface area contributed by atoms with Crippen LogP contribution in [0.15, 0.2) is 41.6 Å². The Labute approximate surface area is 219 Å². The number of thioether (sulfide) groups is 1. The van der Waals surface area contributed by atoms with Gasteiger partial charge >= 0.3 is 0 Å². The quantitative estimate of drug-likeness (QED) is 0.486. The molecule has 0 saturated carbocycles. The van der Waals surface area contributed by atoms with Crippen LogP contribution in [-0.2, 0) is 16.9 Å². The summed E-state index contributed by atoms with van der Waals surface area (Å²) in [6.07, 6.45) is 7.34. The highest BCUT2D eigenvalue weighted by molar-refractivity contribution is 7.98. The summed E-state index contributed by atoms with van der Waals surface area (Å²) >= 11 is 1.56. The van der Waals surface area contributed by atoms with Gasteiger partial charge in [0.1, 0.15) is 23.0 Å².